The van der Waals surface area contributed by atoms with Gasteiger partial charge in [0.1, 0.15) is 0 Å². The molecule has 1 aromatic carbocycles. The van der Waals surface area contributed by atoms with Crippen molar-refractivity contribution in [2.45, 2.75) is 33.9 Å². The first-order valence-corrected chi connectivity index (χ1v) is 6.01. The Morgan fingerprint density at radius 1 is 1.24 bits per heavy atom. The van der Waals surface area contributed by atoms with Gasteiger partial charge in [-0.15, -0.1) is 0 Å². The van der Waals surface area contributed by atoms with Crippen LogP contribution in [0.1, 0.15) is 23.7 Å². The molecule has 0 aliphatic carbocycles. The molecule has 0 saturated heterocycles. The largest absolute Gasteiger partial charge is 0.379 e. The zero-order chi connectivity index (χ0) is 12.3. The Morgan fingerprint density at radius 3 is 2.76 bits per heavy atom. The van der Waals surface area contributed by atoms with Crippen LogP contribution in [-0.2, 0) is 13.1 Å². The predicted molar refractivity (Wildman–Crippen MR) is 71.1 cm³/mol. The maximum Gasteiger partial charge on any atom is 0.0948 e. The monoisotopic (exact) mass is 229 g/mol. The highest BCUT2D eigenvalue weighted by Crippen LogP contribution is 2.15. The summed E-state index contributed by atoms with van der Waals surface area (Å²) in [6.45, 7) is 8.17. The second-order valence-corrected chi connectivity index (χ2v) is 4.32. The summed E-state index contributed by atoms with van der Waals surface area (Å²) in [4.78, 5) is 4.16. The molecule has 2 aromatic rings. The maximum atomic E-state index is 4.16. The average molecular weight is 229 g/mol. The summed E-state index contributed by atoms with van der Waals surface area (Å²) < 4.78 is 2.15. The average Bonchev–Trinajstić information content (AvgIpc) is 2.78. The lowest BCUT2D eigenvalue weighted by Gasteiger charge is -2.10. The zero-order valence-electron chi connectivity index (χ0n) is 10.7. The van der Waals surface area contributed by atoms with E-state index in [0.29, 0.717) is 0 Å². The zero-order valence-corrected chi connectivity index (χ0v) is 10.7. The van der Waals surface area contributed by atoms with E-state index >= 15 is 0 Å². The van der Waals surface area contributed by atoms with E-state index in [0.717, 1.165) is 18.8 Å². The Hall–Kier alpha value is -1.77. The molecule has 0 bridgehead atoms. The Labute approximate surface area is 103 Å². The molecule has 0 aliphatic rings. The molecule has 1 aromatic heterocycles. The quantitative estimate of drug-likeness (QED) is 0.873. The Kier molecular flexibility index (Phi) is 3.47. The van der Waals surface area contributed by atoms with E-state index in [1.807, 2.05) is 12.5 Å². The molecule has 0 amide bonds. The summed E-state index contributed by atoms with van der Waals surface area (Å²) in [5.74, 6) is 0. The lowest BCUT2D eigenvalue weighted by molar-refractivity contribution is 0.719. The molecule has 0 radical (unpaired) electrons. The summed E-state index contributed by atoms with van der Waals surface area (Å²) in [5.41, 5.74) is 5.02. The third kappa shape index (κ3) is 2.67. The van der Waals surface area contributed by atoms with Gasteiger partial charge in [-0.25, -0.2) is 4.98 Å². The highest BCUT2D eigenvalue weighted by Gasteiger charge is 2.00. The molecule has 0 unspecified atom stereocenters. The molecule has 1 N–H and O–H groups in total. The van der Waals surface area contributed by atoms with Gasteiger partial charge in [-0.1, -0.05) is 6.07 Å². The van der Waals surface area contributed by atoms with Crippen LogP contribution in [0.5, 0.6) is 0 Å². The van der Waals surface area contributed by atoms with Crippen LogP contribution in [0.4, 0.5) is 5.69 Å². The van der Waals surface area contributed by atoms with Crippen LogP contribution >= 0.6 is 0 Å². The topological polar surface area (TPSA) is 29.9 Å². The van der Waals surface area contributed by atoms with Gasteiger partial charge < -0.3 is 9.88 Å². The van der Waals surface area contributed by atoms with Crippen LogP contribution in [0.2, 0.25) is 0 Å². The molecule has 3 nitrogen and oxygen atoms in total. The smallest absolute Gasteiger partial charge is 0.0948 e. The summed E-state index contributed by atoms with van der Waals surface area (Å²) in [6, 6.07) is 6.45. The van der Waals surface area contributed by atoms with Gasteiger partial charge >= 0.3 is 0 Å². The SMILES string of the molecule is CCn1cncc1CNc1ccc(C)c(C)c1. The molecule has 1 heterocycles. The minimum Gasteiger partial charge on any atom is -0.379 e. The van der Waals surface area contributed by atoms with E-state index in [9.17, 15) is 0 Å². The van der Waals surface area contributed by atoms with Gasteiger partial charge in [-0.2, -0.15) is 0 Å². The fraction of sp³-hybridized carbons (Fsp3) is 0.357. The number of benzene rings is 1. The van der Waals surface area contributed by atoms with Crippen LogP contribution in [0.25, 0.3) is 0 Å². The number of anilines is 1. The Morgan fingerprint density at radius 2 is 2.06 bits per heavy atom. The molecular weight excluding hydrogens is 210 g/mol. The summed E-state index contributed by atoms with van der Waals surface area (Å²) in [6.07, 6.45) is 3.79. The molecule has 0 atom stereocenters. The first-order valence-electron chi connectivity index (χ1n) is 6.01. The first-order chi connectivity index (χ1) is 8.20. The minimum atomic E-state index is 0.816. The molecule has 0 aliphatic heterocycles. The lowest BCUT2D eigenvalue weighted by atomic mass is 10.1. The van der Waals surface area contributed by atoms with E-state index in [4.69, 9.17) is 0 Å². The third-order valence-electron chi connectivity index (χ3n) is 3.12. The van der Waals surface area contributed by atoms with Crippen molar-refractivity contribution < 1.29 is 0 Å². The van der Waals surface area contributed by atoms with E-state index in [1.165, 1.54) is 16.8 Å². The van der Waals surface area contributed by atoms with E-state index < -0.39 is 0 Å². The highest BCUT2D eigenvalue weighted by molar-refractivity contribution is 5.48. The molecule has 0 spiro atoms. The number of rotatable bonds is 4. The van der Waals surface area contributed by atoms with Crippen molar-refractivity contribution in [2.75, 3.05) is 5.32 Å². The molecule has 0 fully saturated rings. The number of aromatic nitrogens is 2. The van der Waals surface area contributed by atoms with Gasteiger partial charge in [0.25, 0.3) is 0 Å². The maximum absolute atomic E-state index is 4.16. The fourth-order valence-corrected chi connectivity index (χ4v) is 1.82. The van der Waals surface area contributed by atoms with Crippen molar-refractivity contribution in [3.63, 3.8) is 0 Å². The molecular formula is C14H19N3. The van der Waals surface area contributed by atoms with Crippen LogP contribution < -0.4 is 5.32 Å². The molecule has 17 heavy (non-hydrogen) atoms. The highest BCUT2D eigenvalue weighted by atomic mass is 15.1. The van der Waals surface area contributed by atoms with Crippen molar-refractivity contribution >= 4 is 5.69 Å². The number of nitrogens with zero attached hydrogens (tertiary/aromatic N) is 2. The number of aryl methyl sites for hydroxylation is 3. The van der Waals surface area contributed by atoms with Crippen molar-refractivity contribution in [3.05, 3.63) is 47.5 Å². The second kappa shape index (κ2) is 5.04. The summed E-state index contributed by atoms with van der Waals surface area (Å²) in [5, 5.41) is 3.43. The van der Waals surface area contributed by atoms with E-state index in [1.54, 1.807) is 0 Å². The summed E-state index contributed by atoms with van der Waals surface area (Å²) in [7, 11) is 0. The van der Waals surface area contributed by atoms with Gasteiger partial charge in [-0.3, -0.25) is 0 Å². The fourth-order valence-electron chi connectivity index (χ4n) is 1.82. The van der Waals surface area contributed by atoms with Gasteiger partial charge in [0.15, 0.2) is 0 Å². The van der Waals surface area contributed by atoms with Crippen LogP contribution in [0.15, 0.2) is 30.7 Å². The number of hydrogen-bond acceptors (Lipinski definition) is 2. The molecule has 3 heteroatoms. The second-order valence-electron chi connectivity index (χ2n) is 4.32. The van der Waals surface area contributed by atoms with Gasteiger partial charge in [0.2, 0.25) is 0 Å². The van der Waals surface area contributed by atoms with Gasteiger partial charge in [0.05, 0.1) is 18.6 Å². The van der Waals surface area contributed by atoms with Crippen LogP contribution in [-0.4, -0.2) is 9.55 Å². The minimum absolute atomic E-state index is 0.816. The standard InChI is InChI=1S/C14H19N3/c1-4-17-10-15-8-14(17)9-16-13-6-5-11(2)12(3)7-13/h5-8,10,16H,4,9H2,1-3H3. The van der Waals surface area contributed by atoms with Crippen molar-refractivity contribution in [2.24, 2.45) is 0 Å². The number of nitrogens with one attached hydrogen (secondary N) is 1. The Balaban J connectivity index is 2.05. The third-order valence-corrected chi connectivity index (χ3v) is 3.12. The van der Waals surface area contributed by atoms with Crippen LogP contribution in [0.3, 0.4) is 0 Å². The van der Waals surface area contributed by atoms with Gasteiger partial charge in [-0.05, 0) is 44.0 Å². The van der Waals surface area contributed by atoms with E-state index in [-0.39, 0.29) is 0 Å². The van der Waals surface area contributed by atoms with Crippen molar-refractivity contribution in [3.8, 4) is 0 Å². The summed E-state index contributed by atoms with van der Waals surface area (Å²) >= 11 is 0. The Bertz CT molecular complexity index is 500. The molecule has 90 valence electrons. The van der Waals surface area contributed by atoms with Crippen LogP contribution in [0, 0.1) is 13.8 Å². The van der Waals surface area contributed by atoms with E-state index in [2.05, 4.69) is 53.8 Å². The molecule has 0 saturated carbocycles. The lowest BCUT2D eigenvalue weighted by Crippen LogP contribution is -2.06. The molecule has 2 rings (SSSR count). The predicted octanol–water partition coefficient (Wildman–Crippen LogP) is 3.13. The van der Waals surface area contributed by atoms with Gasteiger partial charge in [0, 0.05) is 18.4 Å². The normalized spacial score (nSPS) is 10.5. The number of hydrogen-bond donors (Lipinski definition) is 1. The number of imidazole rings is 1. The first kappa shape index (κ1) is 11.7. The van der Waals surface area contributed by atoms with Crippen molar-refractivity contribution in [1.82, 2.24) is 9.55 Å². The van der Waals surface area contributed by atoms with Crippen molar-refractivity contribution in [1.29, 1.82) is 0 Å².